The minimum Gasteiger partial charge on any atom is -0.476 e. The molecule has 14 heteroatoms. The minimum atomic E-state index is -1.13. The normalized spacial score (nSPS) is 26.4. The number of aliphatic hydroxyl groups is 1. The lowest BCUT2D eigenvalue weighted by atomic mass is 9.53. The number of nitrogens with two attached hydrogens (primary N) is 1. The quantitative estimate of drug-likeness (QED) is 0.0540. The number of nitrogens with zero attached hydrogens (tertiary/aromatic N) is 6. The molecule has 5 atom stereocenters. The van der Waals surface area contributed by atoms with Crippen LogP contribution in [-0.2, 0) is 11.2 Å². The van der Waals surface area contributed by atoms with E-state index in [1.54, 1.807) is 17.4 Å². The van der Waals surface area contributed by atoms with Crippen LogP contribution in [-0.4, -0.2) is 87.1 Å². The van der Waals surface area contributed by atoms with Gasteiger partial charge in [0.25, 0.3) is 0 Å². The van der Waals surface area contributed by atoms with Gasteiger partial charge in [-0.1, -0.05) is 31.3 Å². The van der Waals surface area contributed by atoms with Gasteiger partial charge in [0.15, 0.2) is 22.5 Å². The Morgan fingerprint density at radius 2 is 1.88 bits per heavy atom. The van der Waals surface area contributed by atoms with E-state index in [0.717, 1.165) is 96.5 Å². The van der Waals surface area contributed by atoms with Gasteiger partial charge in [-0.3, -0.25) is 4.99 Å². The van der Waals surface area contributed by atoms with Crippen molar-refractivity contribution in [3.8, 4) is 0 Å². The van der Waals surface area contributed by atoms with Crippen LogP contribution < -0.4 is 21.3 Å². The Hall–Kier alpha value is -4.50. The fraction of sp³-hybridized carbons (Fsp3) is 0.565. The highest BCUT2D eigenvalue weighted by Crippen LogP contribution is 2.66. The van der Waals surface area contributed by atoms with Crippen molar-refractivity contribution < 1.29 is 19.7 Å². The number of ether oxygens (including phenoxy) is 1. The van der Waals surface area contributed by atoms with Gasteiger partial charge in [-0.15, -0.1) is 10.2 Å². The summed E-state index contributed by atoms with van der Waals surface area (Å²) in [4.78, 5) is 29.5. The number of allylic oxidation sites excluding steroid dienone is 1. The van der Waals surface area contributed by atoms with E-state index in [2.05, 4.69) is 59.8 Å². The first-order valence-corrected chi connectivity index (χ1v) is 22.5. The summed E-state index contributed by atoms with van der Waals surface area (Å²) in [5, 5.41) is 36.5. The highest BCUT2D eigenvalue weighted by molar-refractivity contribution is 7.22. The molecule has 13 nitrogen and oxygen atoms in total. The van der Waals surface area contributed by atoms with E-state index in [0.29, 0.717) is 65.8 Å². The van der Waals surface area contributed by atoms with Crippen LogP contribution in [0.25, 0.3) is 15.8 Å². The van der Waals surface area contributed by atoms with E-state index in [4.69, 9.17) is 30.5 Å². The Labute approximate surface area is 357 Å². The van der Waals surface area contributed by atoms with Crippen molar-refractivity contribution in [1.82, 2.24) is 25.5 Å². The van der Waals surface area contributed by atoms with E-state index in [9.17, 15) is 9.90 Å². The van der Waals surface area contributed by atoms with Gasteiger partial charge >= 0.3 is 5.97 Å². The number of nitrogens with one attached hydrogen (secondary N) is 2. The molecule has 0 saturated heterocycles. The Balaban J connectivity index is 0.982. The molecule has 60 heavy (non-hydrogen) atoms. The molecule has 4 bridgehead atoms. The lowest BCUT2D eigenvalue weighted by molar-refractivity contribution is -0.162. The van der Waals surface area contributed by atoms with Crippen LogP contribution in [0.15, 0.2) is 41.5 Å². The Morgan fingerprint density at radius 3 is 2.67 bits per heavy atom. The number of carboxylic acids is 1. The molecule has 5 aliphatic rings. The number of benzene rings is 1. The number of anilines is 4. The van der Waals surface area contributed by atoms with Gasteiger partial charge in [-0.05, 0) is 144 Å². The Kier molecular flexibility index (Phi) is 12.0. The molecule has 1 aliphatic heterocycles. The molecule has 1 aromatic carbocycles. The molecule has 320 valence electrons. The summed E-state index contributed by atoms with van der Waals surface area (Å²) in [6, 6.07) is 9.90. The smallest absolute Gasteiger partial charge is 0.355 e. The third-order valence-electron chi connectivity index (χ3n) is 13.5. The first kappa shape index (κ1) is 42.2. The maximum Gasteiger partial charge on any atom is 0.355 e. The predicted molar refractivity (Wildman–Crippen MR) is 240 cm³/mol. The molecule has 0 radical (unpaired) electrons. The molecular formula is C46H61N9O4S. The van der Waals surface area contributed by atoms with Crippen LogP contribution >= 0.6 is 11.3 Å². The van der Waals surface area contributed by atoms with Crippen molar-refractivity contribution in [2.24, 2.45) is 33.4 Å². The summed E-state index contributed by atoms with van der Waals surface area (Å²) in [7, 11) is 0. The summed E-state index contributed by atoms with van der Waals surface area (Å²) < 4.78 is 7.95. The van der Waals surface area contributed by atoms with E-state index in [1.165, 1.54) is 19.0 Å². The number of pyridine rings is 1. The van der Waals surface area contributed by atoms with Gasteiger partial charge < -0.3 is 36.2 Å². The first-order valence-electron chi connectivity index (χ1n) is 21.7. The molecule has 4 fully saturated rings. The van der Waals surface area contributed by atoms with Gasteiger partial charge in [0.05, 0.1) is 22.4 Å². The number of unbranched alkanes of at least 4 members (excludes halogenated alkanes) is 1. The van der Waals surface area contributed by atoms with E-state index in [-0.39, 0.29) is 28.7 Å². The van der Waals surface area contributed by atoms with Crippen molar-refractivity contribution in [3.05, 3.63) is 64.5 Å². The number of aromatic carboxylic acids is 1. The van der Waals surface area contributed by atoms with Gasteiger partial charge in [0.2, 0.25) is 0 Å². The number of rotatable bonds is 16. The van der Waals surface area contributed by atoms with Crippen molar-refractivity contribution >= 4 is 61.4 Å². The molecule has 0 spiro atoms. The van der Waals surface area contributed by atoms with Crippen molar-refractivity contribution in [2.45, 2.75) is 104 Å². The summed E-state index contributed by atoms with van der Waals surface area (Å²) in [6.07, 6.45) is 11.7. The molecule has 5 unspecified atom stereocenters. The average Bonchev–Trinajstić information content (AvgIpc) is 3.54. The lowest BCUT2D eigenvalue weighted by Gasteiger charge is -2.56. The van der Waals surface area contributed by atoms with E-state index < -0.39 is 5.97 Å². The largest absolute Gasteiger partial charge is 0.476 e. The molecule has 4 aliphatic carbocycles. The topological polar surface area (TPSA) is 184 Å². The minimum absolute atomic E-state index is 0.0762. The number of carbonyl (C=O) groups is 1. The van der Waals surface area contributed by atoms with Crippen LogP contribution in [0.1, 0.15) is 111 Å². The van der Waals surface area contributed by atoms with Crippen molar-refractivity contribution in [2.75, 3.05) is 49.6 Å². The Morgan fingerprint density at radius 1 is 1.07 bits per heavy atom. The standard InChI is InChI=1S/C46H61N9O4S/c1-28-10-12-37-36(19-28)50-43(60-37)52-40-29(2)33-9-8-16-55(41(33)54-53-40)38-13-11-34(39(51-38)42(57)58)35(23-47)30(3)49-24-32-21-45(5)25-44(4)20-31(32)22-46(26-44,27-45)59-18-15-48-14-6-7-17-56/h10-13,19,23,31-32,48,56H,6-9,14-18,20-22,24-27,47H2,1-5H3,(H,57,58)(H,50,52,53)/b35-23+,49-30?. The number of aromatic nitrogens is 4. The zero-order chi connectivity index (χ0) is 42.2. The number of aryl methyl sites for hydroxylation is 1. The van der Waals surface area contributed by atoms with Gasteiger partial charge in [0.1, 0.15) is 5.82 Å². The SMILES string of the molecule is CC(=NCC1CC2(C)CC3(C)CC1CC(OCCNCCCCO)(C2)C3)/C(=C\N)c1ccc(N2CCCc3c2nnc(Nc2nc4cc(C)ccc4s2)c3C)nc1C(=O)O. The second kappa shape index (κ2) is 17.1. The van der Waals surface area contributed by atoms with Crippen LogP contribution in [0.4, 0.5) is 22.6 Å². The summed E-state index contributed by atoms with van der Waals surface area (Å²) in [6.45, 7) is 14.9. The summed E-state index contributed by atoms with van der Waals surface area (Å²) in [5.41, 5.74) is 12.4. The number of aliphatic imine (C=N–C) groups is 1. The molecule has 4 aromatic rings. The maximum atomic E-state index is 12.9. The molecule has 3 aromatic heterocycles. The number of carboxylic acid groups (broad SMARTS) is 1. The van der Waals surface area contributed by atoms with Crippen LogP contribution in [0.3, 0.4) is 0 Å². The van der Waals surface area contributed by atoms with E-state index >= 15 is 0 Å². The predicted octanol–water partition coefficient (Wildman–Crippen LogP) is 8.13. The zero-order valence-corrected chi connectivity index (χ0v) is 36.6. The summed E-state index contributed by atoms with van der Waals surface area (Å²) >= 11 is 1.58. The molecule has 9 rings (SSSR count). The van der Waals surface area contributed by atoms with E-state index in [1.807, 2.05) is 24.8 Å². The van der Waals surface area contributed by atoms with Crippen LogP contribution in [0, 0.1) is 36.5 Å². The summed E-state index contributed by atoms with van der Waals surface area (Å²) in [5.74, 6) is 1.61. The highest BCUT2D eigenvalue weighted by atomic mass is 32.1. The number of fused-ring (bicyclic) bond motifs is 3. The molecule has 0 amide bonds. The number of hydrogen-bond acceptors (Lipinski definition) is 13. The zero-order valence-electron chi connectivity index (χ0n) is 35.8. The molecule has 4 saturated carbocycles. The fourth-order valence-corrected chi connectivity index (χ4v) is 12.4. The van der Waals surface area contributed by atoms with Crippen LogP contribution in [0.2, 0.25) is 0 Å². The van der Waals surface area contributed by atoms with Crippen molar-refractivity contribution in [1.29, 1.82) is 0 Å². The molecule has 6 N–H and O–H groups in total. The molecular weight excluding hydrogens is 775 g/mol. The highest BCUT2D eigenvalue weighted by Gasteiger charge is 2.60. The second-order valence-electron chi connectivity index (χ2n) is 18.7. The number of thiazole rings is 1. The number of hydrogen-bond donors (Lipinski definition) is 5. The van der Waals surface area contributed by atoms with Gasteiger partial charge in [-0.25, -0.2) is 14.8 Å². The monoisotopic (exact) mass is 835 g/mol. The van der Waals surface area contributed by atoms with Crippen LogP contribution in [0.5, 0.6) is 0 Å². The van der Waals surface area contributed by atoms with Gasteiger partial charge in [-0.2, -0.15) is 0 Å². The van der Waals surface area contributed by atoms with Crippen molar-refractivity contribution in [3.63, 3.8) is 0 Å². The first-order chi connectivity index (χ1) is 28.8. The average molecular weight is 836 g/mol. The second-order valence-corrected chi connectivity index (χ2v) is 19.8. The maximum absolute atomic E-state index is 12.9. The third-order valence-corrected chi connectivity index (χ3v) is 14.5. The molecule has 4 heterocycles. The lowest BCUT2D eigenvalue weighted by Crippen LogP contribution is -2.52. The van der Waals surface area contributed by atoms with Gasteiger partial charge in [0, 0.05) is 60.4 Å². The third kappa shape index (κ3) is 8.66. The fourth-order valence-electron chi connectivity index (χ4n) is 11.6. The number of aliphatic hydroxyl groups excluding tert-OH is 1. The Bertz CT molecular complexity index is 2310.